The van der Waals surface area contributed by atoms with Gasteiger partial charge >= 0.3 is 12.0 Å². The third-order valence-electron chi connectivity index (χ3n) is 4.51. The lowest BCUT2D eigenvalue weighted by Gasteiger charge is -2.43. The Kier molecular flexibility index (Phi) is 4.65. The number of anilines is 1. The predicted molar refractivity (Wildman–Crippen MR) is 87.6 cm³/mol. The van der Waals surface area contributed by atoms with Crippen molar-refractivity contribution in [3.8, 4) is 0 Å². The second-order valence-corrected chi connectivity index (χ2v) is 8.33. The zero-order chi connectivity index (χ0) is 18.2. The minimum atomic E-state index is -3.38. The maximum atomic E-state index is 13.7. The number of benzene rings is 1. The number of carbonyl (C=O) groups is 2. The summed E-state index contributed by atoms with van der Waals surface area (Å²) in [6.07, 6.45) is 0. The van der Waals surface area contributed by atoms with E-state index < -0.39 is 39.7 Å². The van der Waals surface area contributed by atoms with Gasteiger partial charge in [-0.25, -0.2) is 17.6 Å². The van der Waals surface area contributed by atoms with E-state index in [4.69, 9.17) is 5.11 Å². The van der Waals surface area contributed by atoms with Crippen LogP contribution in [-0.2, 0) is 14.6 Å². The summed E-state index contributed by atoms with van der Waals surface area (Å²) in [6.45, 7) is 0.136. The molecule has 2 aliphatic rings. The van der Waals surface area contributed by atoms with Gasteiger partial charge in [-0.05, 0) is 12.1 Å². The minimum Gasteiger partial charge on any atom is -0.480 e. The number of fused-ring (bicyclic) bond motifs is 1. The standard InChI is InChI=1S/C15H18FN3O5S/c16-10-3-1-2-4-11(10)17-15(22)19-6-5-18(7-14(20)21)12-8-25(23,24)9-13(12)19/h1-4,12-13H,5-9H2,(H,17,22)(H,20,21)/t12-,13+/m0/s1. The third kappa shape index (κ3) is 3.74. The number of hydrogen-bond acceptors (Lipinski definition) is 5. The van der Waals surface area contributed by atoms with Crippen molar-refractivity contribution in [3.63, 3.8) is 0 Å². The number of sulfone groups is 1. The highest BCUT2D eigenvalue weighted by Gasteiger charge is 2.48. The number of carbonyl (C=O) groups excluding carboxylic acids is 1. The molecule has 10 heteroatoms. The Morgan fingerprint density at radius 3 is 2.56 bits per heavy atom. The fourth-order valence-electron chi connectivity index (χ4n) is 3.40. The molecule has 0 radical (unpaired) electrons. The average Bonchev–Trinajstić information content (AvgIpc) is 2.84. The number of aliphatic carboxylic acids is 1. The van der Waals surface area contributed by atoms with Crippen LogP contribution in [0.4, 0.5) is 14.9 Å². The highest BCUT2D eigenvalue weighted by Crippen LogP contribution is 2.27. The van der Waals surface area contributed by atoms with Gasteiger partial charge in [0.25, 0.3) is 0 Å². The molecule has 0 aromatic heterocycles. The molecule has 0 unspecified atom stereocenters. The van der Waals surface area contributed by atoms with Crippen molar-refractivity contribution in [1.82, 2.24) is 9.80 Å². The van der Waals surface area contributed by atoms with Crippen LogP contribution in [0.15, 0.2) is 24.3 Å². The molecule has 2 fully saturated rings. The summed E-state index contributed by atoms with van der Waals surface area (Å²) in [7, 11) is -3.38. The van der Waals surface area contributed by atoms with Gasteiger partial charge in [-0.1, -0.05) is 12.1 Å². The number of nitrogens with one attached hydrogen (secondary N) is 1. The van der Waals surface area contributed by atoms with Crippen LogP contribution in [0.1, 0.15) is 0 Å². The molecule has 1 aromatic carbocycles. The summed E-state index contributed by atoms with van der Waals surface area (Å²) in [6, 6.07) is 3.89. The Labute approximate surface area is 144 Å². The van der Waals surface area contributed by atoms with Gasteiger partial charge in [-0.2, -0.15) is 0 Å². The van der Waals surface area contributed by atoms with E-state index in [-0.39, 0.29) is 36.8 Å². The van der Waals surface area contributed by atoms with Crippen LogP contribution in [0.2, 0.25) is 0 Å². The monoisotopic (exact) mass is 371 g/mol. The molecule has 0 spiro atoms. The van der Waals surface area contributed by atoms with E-state index in [0.717, 1.165) is 0 Å². The van der Waals surface area contributed by atoms with E-state index >= 15 is 0 Å². The molecule has 136 valence electrons. The van der Waals surface area contributed by atoms with Gasteiger partial charge < -0.3 is 15.3 Å². The molecule has 2 aliphatic heterocycles. The SMILES string of the molecule is O=C(O)CN1CCN(C(=O)Nc2ccccc2F)[C@@H]2CS(=O)(=O)C[C@@H]21. The van der Waals surface area contributed by atoms with Crippen LogP contribution in [0.3, 0.4) is 0 Å². The first-order valence-corrected chi connectivity index (χ1v) is 9.57. The Morgan fingerprint density at radius 1 is 1.20 bits per heavy atom. The number of hydrogen-bond donors (Lipinski definition) is 2. The van der Waals surface area contributed by atoms with Gasteiger partial charge in [0.1, 0.15) is 5.82 Å². The molecule has 1 aromatic rings. The number of amides is 2. The fraction of sp³-hybridized carbons (Fsp3) is 0.467. The Bertz CT molecular complexity index is 800. The molecule has 2 heterocycles. The number of carboxylic acids is 1. The lowest BCUT2D eigenvalue weighted by atomic mass is 10.1. The summed E-state index contributed by atoms with van der Waals surface area (Å²) in [5.74, 6) is -2.05. The van der Waals surface area contributed by atoms with Crippen molar-refractivity contribution in [3.05, 3.63) is 30.1 Å². The van der Waals surface area contributed by atoms with E-state index in [1.807, 2.05) is 0 Å². The smallest absolute Gasteiger partial charge is 0.322 e. The predicted octanol–water partition coefficient (Wildman–Crippen LogP) is 0.225. The summed E-state index contributed by atoms with van der Waals surface area (Å²) in [5, 5.41) is 11.4. The van der Waals surface area contributed by atoms with Crippen LogP contribution < -0.4 is 5.32 Å². The van der Waals surface area contributed by atoms with Gasteiger partial charge in [0.05, 0.1) is 29.8 Å². The number of carboxylic acid groups (broad SMARTS) is 1. The summed E-state index contributed by atoms with van der Waals surface area (Å²) in [4.78, 5) is 26.4. The minimum absolute atomic E-state index is 0.0119. The molecule has 8 nitrogen and oxygen atoms in total. The van der Waals surface area contributed by atoms with Crippen molar-refractivity contribution >= 4 is 27.5 Å². The highest BCUT2D eigenvalue weighted by atomic mass is 32.2. The molecular formula is C15H18FN3O5S. The first-order valence-electron chi connectivity index (χ1n) is 7.75. The van der Waals surface area contributed by atoms with Crippen molar-refractivity contribution < 1.29 is 27.5 Å². The highest BCUT2D eigenvalue weighted by molar-refractivity contribution is 7.91. The maximum Gasteiger partial charge on any atom is 0.322 e. The van der Waals surface area contributed by atoms with Crippen LogP contribution in [-0.4, -0.2) is 78.5 Å². The van der Waals surface area contributed by atoms with E-state index in [2.05, 4.69) is 5.32 Å². The van der Waals surface area contributed by atoms with Gasteiger partial charge in [0, 0.05) is 19.1 Å². The van der Waals surface area contributed by atoms with Gasteiger partial charge in [-0.3, -0.25) is 9.69 Å². The Morgan fingerprint density at radius 2 is 1.88 bits per heavy atom. The van der Waals surface area contributed by atoms with Gasteiger partial charge in [0.15, 0.2) is 9.84 Å². The number of urea groups is 1. The number of halogens is 1. The zero-order valence-electron chi connectivity index (χ0n) is 13.3. The largest absolute Gasteiger partial charge is 0.480 e. The molecule has 2 amide bonds. The quantitative estimate of drug-likeness (QED) is 0.787. The lowest BCUT2D eigenvalue weighted by Crippen LogP contribution is -2.62. The normalized spacial score (nSPS) is 25.4. The molecule has 0 saturated carbocycles. The first-order chi connectivity index (χ1) is 11.8. The third-order valence-corrected chi connectivity index (χ3v) is 6.20. The van der Waals surface area contributed by atoms with Crippen LogP contribution >= 0.6 is 0 Å². The molecule has 2 N–H and O–H groups in total. The molecule has 2 saturated heterocycles. The fourth-order valence-corrected chi connectivity index (χ4v) is 5.41. The second-order valence-electron chi connectivity index (χ2n) is 6.18. The van der Waals surface area contributed by atoms with E-state index in [9.17, 15) is 22.4 Å². The number of para-hydroxylation sites is 1. The zero-order valence-corrected chi connectivity index (χ0v) is 14.1. The summed E-state index contributed by atoms with van der Waals surface area (Å²) >= 11 is 0. The number of rotatable bonds is 3. The van der Waals surface area contributed by atoms with Crippen molar-refractivity contribution in [1.29, 1.82) is 0 Å². The molecular weight excluding hydrogens is 353 g/mol. The molecule has 25 heavy (non-hydrogen) atoms. The molecule has 2 atom stereocenters. The first kappa shape index (κ1) is 17.6. The van der Waals surface area contributed by atoms with Crippen molar-refractivity contribution in [2.75, 3.05) is 36.5 Å². The lowest BCUT2D eigenvalue weighted by molar-refractivity contribution is -0.139. The molecule has 0 aliphatic carbocycles. The second kappa shape index (κ2) is 6.60. The maximum absolute atomic E-state index is 13.7. The van der Waals surface area contributed by atoms with Crippen LogP contribution in [0.25, 0.3) is 0 Å². The summed E-state index contributed by atoms with van der Waals surface area (Å²) in [5.41, 5.74) is 0.0119. The van der Waals surface area contributed by atoms with E-state index in [1.54, 1.807) is 11.0 Å². The van der Waals surface area contributed by atoms with Crippen LogP contribution in [0.5, 0.6) is 0 Å². The van der Waals surface area contributed by atoms with Crippen molar-refractivity contribution in [2.24, 2.45) is 0 Å². The summed E-state index contributed by atoms with van der Waals surface area (Å²) < 4.78 is 37.7. The van der Waals surface area contributed by atoms with Gasteiger partial charge in [-0.15, -0.1) is 0 Å². The average molecular weight is 371 g/mol. The molecule has 0 bridgehead atoms. The Hall–Kier alpha value is -2.20. The topological polar surface area (TPSA) is 107 Å². The molecule has 3 rings (SSSR count). The Balaban J connectivity index is 1.79. The van der Waals surface area contributed by atoms with E-state index in [0.29, 0.717) is 0 Å². The van der Waals surface area contributed by atoms with Crippen molar-refractivity contribution in [2.45, 2.75) is 12.1 Å². The van der Waals surface area contributed by atoms with Gasteiger partial charge in [0.2, 0.25) is 0 Å². The van der Waals surface area contributed by atoms with Crippen LogP contribution in [0, 0.1) is 5.82 Å². The number of piperazine rings is 1. The number of nitrogens with zero attached hydrogens (tertiary/aromatic N) is 2. The van der Waals surface area contributed by atoms with E-state index in [1.165, 1.54) is 23.1 Å².